The number of carbonyl (C=O) groups is 3. The van der Waals surface area contributed by atoms with Crippen LogP contribution in [0.3, 0.4) is 0 Å². The van der Waals surface area contributed by atoms with Gasteiger partial charge >= 0.3 is 0 Å². The lowest BCUT2D eigenvalue weighted by molar-refractivity contribution is -0.137. The van der Waals surface area contributed by atoms with E-state index in [0.29, 0.717) is 5.92 Å². The molecule has 0 aromatic carbocycles. The van der Waals surface area contributed by atoms with Crippen LogP contribution in [0.1, 0.15) is 0 Å². The molecule has 3 amide bonds. The minimum absolute atomic E-state index is 0.192. The highest BCUT2D eigenvalue weighted by molar-refractivity contribution is 6.12. The molecule has 1 heterocycles. The van der Waals surface area contributed by atoms with E-state index in [2.05, 4.69) is 5.32 Å². The zero-order chi connectivity index (χ0) is 12.3. The summed E-state index contributed by atoms with van der Waals surface area (Å²) in [5.41, 5.74) is 0. The van der Waals surface area contributed by atoms with Crippen LogP contribution in [0.15, 0.2) is 12.2 Å². The molecular weight excluding hydrogens is 220 g/mol. The largest absolute Gasteiger partial charge is 0.354 e. The topological polar surface area (TPSA) is 66.5 Å². The highest BCUT2D eigenvalue weighted by atomic mass is 16.2. The maximum Gasteiger partial charge on any atom is 0.253 e. The molecule has 1 saturated carbocycles. The van der Waals surface area contributed by atoms with Crippen LogP contribution in [-0.2, 0) is 14.4 Å². The van der Waals surface area contributed by atoms with Crippen molar-refractivity contribution < 1.29 is 14.4 Å². The molecule has 17 heavy (non-hydrogen) atoms. The van der Waals surface area contributed by atoms with Gasteiger partial charge in [0.25, 0.3) is 11.8 Å². The third-order valence-corrected chi connectivity index (χ3v) is 2.45. The molecule has 5 radical (unpaired) electrons. The smallest absolute Gasteiger partial charge is 0.253 e. The number of hydrogen-bond donors (Lipinski definition) is 1. The Morgan fingerprint density at radius 2 is 1.71 bits per heavy atom. The van der Waals surface area contributed by atoms with Gasteiger partial charge in [0.2, 0.25) is 5.91 Å². The van der Waals surface area contributed by atoms with E-state index in [1.165, 1.54) is 12.2 Å². The average Bonchev–Trinajstić information content (AvgIpc) is 2.93. The number of carbonyl (C=O) groups excluding carboxylic acids is 3. The lowest BCUT2D eigenvalue weighted by Crippen LogP contribution is -2.39. The molecule has 2 aliphatic rings. The molecule has 0 aromatic rings. The summed E-state index contributed by atoms with van der Waals surface area (Å²) in [6, 6.07) is 0. The molecule has 0 bridgehead atoms. The van der Waals surface area contributed by atoms with Gasteiger partial charge in [0.1, 0.15) is 0 Å². The number of nitrogens with zero attached hydrogens (tertiary/aromatic N) is 1. The first kappa shape index (κ1) is 11.8. The molecule has 0 aromatic heterocycles. The van der Waals surface area contributed by atoms with E-state index in [4.69, 9.17) is 0 Å². The second-order valence-electron chi connectivity index (χ2n) is 3.59. The van der Waals surface area contributed by atoms with Crippen molar-refractivity contribution in [2.75, 3.05) is 13.1 Å². The molecule has 5 heteroatoms. The van der Waals surface area contributed by atoms with E-state index in [1.807, 2.05) is 0 Å². The molecule has 0 saturated heterocycles. The summed E-state index contributed by atoms with van der Waals surface area (Å²) in [6.07, 6.45) is 9.38. The standard InChI is InChI=1S/C12H11N2O3/c15-10-5-6-11(16)14(10)8-7-13-12(17)9-3-1-2-4-9/h1-6H,7-8H2,(H,13,17). The summed E-state index contributed by atoms with van der Waals surface area (Å²) in [5.74, 6) is -0.306. The van der Waals surface area contributed by atoms with Crippen molar-refractivity contribution in [3.05, 3.63) is 43.8 Å². The minimum Gasteiger partial charge on any atom is -0.354 e. The van der Waals surface area contributed by atoms with Crippen LogP contribution >= 0.6 is 0 Å². The van der Waals surface area contributed by atoms with Crippen molar-refractivity contribution in [3.63, 3.8) is 0 Å². The second kappa shape index (κ2) is 5.12. The zero-order valence-corrected chi connectivity index (χ0v) is 9.05. The lowest BCUT2D eigenvalue weighted by Gasteiger charge is -2.15. The molecule has 1 aliphatic carbocycles. The number of imide groups is 1. The molecule has 87 valence electrons. The Kier molecular flexibility index (Phi) is 3.56. The van der Waals surface area contributed by atoms with E-state index >= 15 is 0 Å². The SMILES string of the molecule is O=C(NCCN1C(=O)C=CC1=O)[C]1[CH][CH][CH][CH]1. The molecule has 1 aliphatic heterocycles. The van der Waals surface area contributed by atoms with Crippen LogP contribution in [0.5, 0.6) is 0 Å². The maximum absolute atomic E-state index is 11.5. The first-order chi connectivity index (χ1) is 8.18. The number of nitrogens with one attached hydrogen (secondary N) is 1. The van der Waals surface area contributed by atoms with Gasteiger partial charge in [0.15, 0.2) is 0 Å². The van der Waals surface area contributed by atoms with E-state index < -0.39 is 0 Å². The van der Waals surface area contributed by atoms with E-state index in [9.17, 15) is 14.4 Å². The molecule has 1 fully saturated rings. The lowest BCUT2D eigenvalue weighted by atomic mass is 10.1. The minimum atomic E-state index is -0.336. The summed E-state index contributed by atoms with van der Waals surface area (Å²) in [4.78, 5) is 35.0. The molecular formula is C12H11N2O3. The van der Waals surface area contributed by atoms with Crippen molar-refractivity contribution >= 4 is 17.7 Å². The fourth-order valence-electron chi connectivity index (χ4n) is 1.56. The van der Waals surface area contributed by atoms with Crippen molar-refractivity contribution in [1.29, 1.82) is 0 Å². The number of amides is 3. The third-order valence-electron chi connectivity index (χ3n) is 2.45. The molecule has 2 rings (SSSR count). The summed E-state index contributed by atoms with van der Waals surface area (Å²) in [6.45, 7) is 0.445. The Morgan fingerprint density at radius 1 is 1.12 bits per heavy atom. The van der Waals surface area contributed by atoms with E-state index in [0.717, 1.165) is 4.90 Å². The van der Waals surface area contributed by atoms with Crippen molar-refractivity contribution in [3.8, 4) is 0 Å². The number of rotatable bonds is 4. The van der Waals surface area contributed by atoms with Gasteiger partial charge in [-0.25, -0.2) is 0 Å². The first-order valence-electron chi connectivity index (χ1n) is 5.22. The zero-order valence-electron chi connectivity index (χ0n) is 9.05. The van der Waals surface area contributed by atoms with Gasteiger partial charge in [0, 0.05) is 25.2 Å². The van der Waals surface area contributed by atoms with Gasteiger partial charge in [-0.15, -0.1) is 0 Å². The Balaban J connectivity index is 1.70. The van der Waals surface area contributed by atoms with Gasteiger partial charge in [-0.1, -0.05) is 0 Å². The Bertz CT molecular complexity index is 352. The highest BCUT2D eigenvalue weighted by Crippen LogP contribution is 2.22. The summed E-state index contributed by atoms with van der Waals surface area (Å²) < 4.78 is 0. The second-order valence-corrected chi connectivity index (χ2v) is 3.59. The number of hydrogen-bond acceptors (Lipinski definition) is 3. The van der Waals surface area contributed by atoms with E-state index in [-0.39, 0.29) is 30.8 Å². The fraction of sp³-hybridized carbons (Fsp3) is 0.167. The Labute approximate surface area is 99.8 Å². The first-order valence-corrected chi connectivity index (χ1v) is 5.22. The summed E-state index contributed by atoms with van der Waals surface area (Å²) in [7, 11) is 0. The van der Waals surface area contributed by atoms with Gasteiger partial charge in [-0.3, -0.25) is 19.3 Å². The Morgan fingerprint density at radius 3 is 2.29 bits per heavy atom. The molecule has 0 atom stereocenters. The van der Waals surface area contributed by atoms with Gasteiger partial charge in [0.05, 0.1) is 5.92 Å². The van der Waals surface area contributed by atoms with Crippen molar-refractivity contribution in [2.45, 2.75) is 0 Å². The van der Waals surface area contributed by atoms with Crippen LogP contribution in [0, 0.1) is 31.6 Å². The molecule has 0 unspecified atom stereocenters. The van der Waals surface area contributed by atoms with Crippen LogP contribution in [0.2, 0.25) is 0 Å². The van der Waals surface area contributed by atoms with Crippen LogP contribution < -0.4 is 5.32 Å². The Hall–Kier alpha value is -1.65. The fourth-order valence-corrected chi connectivity index (χ4v) is 1.56. The molecule has 1 N–H and O–H groups in total. The quantitative estimate of drug-likeness (QED) is 0.659. The van der Waals surface area contributed by atoms with Gasteiger partial charge < -0.3 is 5.32 Å². The van der Waals surface area contributed by atoms with E-state index in [1.54, 1.807) is 25.7 Å². The molecule has 0 spiro atoms. The van der Waals surface area contributed by atoms with Crippen LogP contribution in [0.4, 0.5) is 0 Å². The maximum atomic E-state index is 11.5. The average molecular weight is 231 g/mol. The van der Waals surface area contributed by atoms with Gasteiger partial charge in [-0.05, 0) is 25.7 Å². The normalized spacial score (nSPS) is 20.4. The highest BCUT2D eigenvalue weighted by Gasteiger charge is 2.26. The van der Waals surface area contributed by atoms with Crippen LogP contribution in [0.25, 0.3) is 0 Å². The van der Waals surface area contributed by atoms with Crippen LogP contribution in [-0.4, -0.2) is 35.7 Å². The predicted octanol–water partition coefficient (Wildman–Crippen LogP) is -0.567. The summed E-state index contributed by atoms with van der Waals surface area (Å²) >= 11 is 0. The van der Waals surface area contributed by atoms with Crippen molar-refractivity contribution in [1.82, 2.24) is 10.2 Å². The van der Waals surface area contributed by atoms with Crippen molar-refractivity contribution in [2.24, 2.45) is 0 Å². The summed E-state index contributed by atoms with van der Waals surface area (Å²) in [5, 5.41) is 2.64. The van der Waals surface area contributed by atoms with Gasteiger partial charge in [-0.2, -0.15) is 0 Å². The molecule has 5 nitrogen and oxygen atoms in total. The predicted molar refractivity (Wildman–Crippen MR) is 59.3 cm³/mol. The third kappa shape index (κ3) is 2.72. The monoisotopic (exact) mass is 231 g/mol.